The molecule has 76 valence electrons. The summed E-state index contributed by atoms with van der Waals surface area (Å²) in [4.78, 5) is 13.9. The number of aryl methyl sites for hydroxylation is 1. The standard InChI is InChI=1S/C9H7N3O3/c1-6-4-7(12(13)14)2-3-8(6)9-10-5-11-15-9/h2-5H,1H3. The van der Waals surface area contributed by atoms with Crippen molar-refractivity contribution in [3.05, 3.63) is 40.2 Å². The molecule has 2 rings (SSSR count). The second-order valence-electron chi connectivity index (χ2n) is 3.00. The summed E-state index contributed by atoms with van der Waals surface area (Å²) >= 11 is 0. The van der Waals surface area contributed by atoms with Crippen molar-refractivity contribution in [3.8, 4) is 11.5 Å². The zero-order valence-electron chi connectivity index (χ0n) is 7.88. The van der Waals surface area contributed by atoms with Crippen LogP contribution in [0.5, 0.6) is 0 Å². The SMILES string of the molecule is Cc1cc([N+](=O)[O-])ccc1-c1ncno1. The van der Waals surface area contributed by atoms with Gasteiger partial charge in [0.2, 0.25) is 0 Å². The molecule has 0 aliphatic rings. The van der Waals surface area contributed by atoms with E-state index in [9.17, 15) is 10.1 Å². The first kappa shape index (κ1) is 9.32. The van der Waals surface area contributed by atoms with Crippen LogP contribution in [-0.2, 0) is 0 Å². The lowest BCUT2D eigenvalue weighted by Crippen LogP contribution is -1.90. The molecule has 0 fully saturated rings. The summed E-state index contributed by atoms with van der Waals surface area (Å²) in [7, 11) is 0. The largest absolute Gasteiger partial charge is 0.334 e. The second-order valence-corrected chi connectivity index (χ2v) is 3.00. The van der Waals surface area contributed by atoms with Crippen molar-refractivity contribution in [1.29, 1.82) is 0 Å². The average Bonchev–Trinajstić information content (AvgIpc) is 2.70. The summed E-state index contributed by atoms with van der Waals surface area (Å²) in [6.45, 7) is 1.76. The lowest BCUT2D eigenvalue weighted by Gasteiger charge is -1.99. The van der Waals surface area contributed by atoms with Gasteiger partial charge in [-0.05, 0) is 18.6 Å². The van der Waals surface area contributed by atoms with Gasteiger partial charge in [-0.3, -0.25) is 10.1 Å². The van der Waals surface area contributed by atoms with Crippen LogP contribution in [0.4, 0.5) is 5.69 Å². The minimum absolute atomic E-state index is 0.0516. The number of rotatable bonds is 2. The summed E-state index contributed by atoms with van der Waals surface area (Å²) < 4.78 is 4.87. The third-order valence-corrected chi connectivity index (χ3v) is 2.01. The van der Waals surface area contributed by atoms with Crippen LogP contribution < -0.4 is 0 Å². The summed E-state index contributed by atoms with van der Waals surface area (Å²) in [6.07, 6.45) is 1.29. The van der Waals surface area contributed by atoms with Crippen molar-refractivity contribution in [3.63, 3.8) is 0 Å². The summed E-state index contributed by atoms with van der Waals surface area (Å²) in [5.41, 5.74) is 1.49. The second kappa shape index (κ2) is 3.49. The van der Waals surface area contributed by atoms with E-state index in [4.69, 9.17) is 4.52 Å². The number of nitro groups is 1. The van der Waals surface area contributed by atoms with Gasteiger partial charge in [0.1, 0.15) is 0 Å². The Morgan fingerprint density at radius 1 is 1.47 bits per heavy atom. The molecule has 0 aliphatic heterocycles. The number of nitro benzene ring substituents is 1. The smallest absolute Gasteiger partial charge is 0.269 e. The highest BCUT2D eigenvalue weighted by Gasteiger charge is 2.12. The molecule has 0 unspecified atom stereocenters. The molecule has 1 aromatic carbocycles. The van der Waals surface area contributed by atoms with Crippen molar-refractivity contribution in [2.24, 2.45) is 0 Å². The zero-order chi connectivity index (χ0) is 10.8. The van der Waals surface area contributed by atoms with Crippen molar-refractivity contribution in [2.45, 2.75) is 6.92 Å². The molecule has 0 saturated heterocycles. The summed E-state index contributed by atoms with van der Waals surface area (Å²) in [6, 6.07) is 4.48. The predicted octanol–water partition coefficient (Wildman–Crippen LogP) is 1.95. The van der Waals surface area contributed by atoms with E-state index in [1.165, 1.54) is 18.5 Å². The fourth-order valence-electron chi connectivity index (χ4n) is 1.29. The van der Waals surface area contributed by atoms with E-state index in [-0.39, 0.29) is 5.69 Å². The van der Waals surface area contributed by atoms with E-state index in [1.54, 1.807) is 13.0 Å². The number of hydrogen-bond acceptors (Lipinski definition) is 5. The number of nitrogens with zero attached hydrogens (tertiary/aromatic N) is 3. The Morgan fingerprint density at radius 2 is 2.27 bits per heavy atom. The zero-order valence-corrected chi connectivity index (χ0v) is 7.88. The topological polar surface area (TPSA) is 82.1 Å². The Hall–Kier alpha value is -2.24. The highest BCUT2D eigenvalue weighted by molar-refractivity contribution is 5.60. The third kappa shape index (κ3) is 1.69. The Kier molecular flexibility index (Phi) is 2.17. The van der Waals surface area contributed by atoms with Gasteiger partial charge >= 0.3 is 0 Å². The first-order valence-electron chi connectivity index (χ1n) is 4.20. The van der Waals surface area contributed by atoms with Gasteiger partial charge in [0.25, 0.3) is 11.6 Å². The fraction of sp³-hybridized carbons (Fsp3) is 0.111. The van der Waals surface area contributed by atoms with Crippen LogP contribution in [0.25, 0.3) is 11.5 Å². The number of aromatic nitrogens is 2. The fourth-order valence-corrected chi connectivity index (χ4v) is 1.29. The predicted molar refractivity (Wildman–Crippen MR) is 51.1 cm³/mol. The molecule has 0 saturated carbocycles. The molecule has 15 heavy (non-hydrogen) atoms. The minimum atomic E-state index is -0.440. The maximum Gasteiger partial charge on any atom is 0.269 e. The van der Waals surface area contributed by atoms with Crippen molar-refractivity contribution in [1.82, 2.24) is 10.1 Å². The van der Waals surface area contributed by atoms with Gasteiger partial charge in [-0.25, -0.2) is 0 Å². The first-order valence-corrected chi connectivity index (χ1v) is 4.20. The summed E-state index contributed by atoms with van der Waals surface area (Å²) in [5, 5.41) is 14.0. The van der Waals surface area contributed by atoms with Crippen LogP contribution in [0.1, 0.15) is 5.56 Å². The molecule has 1 heterocycles. The van der Waals surface area contributed by atoms with Crippen LogP contribution in [-0.4, -0.2) is 15.1 Å². The Labute approximate surface area is 84.7 Å². The Morgan fingerprint density at radius 3 is 2.80 bits per heavy atom. The highest BCUT2D eigenvalue weighted by atomic mass is 16.6. The molecular formula is C9H7N3O3. The van der Waals surface area contributed by atoms with Crippen LogP contribution in [0, 0.1) is 17.0 Å². The van der Waals surface area contributed by atoms with Crippen molar-refractivity contribution < 1.29 is 9.45 Å². The van der Waals surface area contributed by atoms with Crippen molar-refractivity contribution in [2.75, 3.05) is 0 Å². The molecule has 0 N–H and O–H groups in total. The lowest BCUT2D eigenvalue weighted by atomic mass is 10.1. The Bertz CT molecular complexity index is 493. The number of benzene rings is 1. The molecule has 6 heteroatoms. The van der Waals surface area contributed by atoms with Crippen LogP contribution in [0.3, 0.4) is 0 Å². The first-order chi connectivity index (χ1) is 7.18. The van der Waals surface area contributed by atoms with Crippen molar-refractivity contribution >= 4 is 5.69 Å². The average molecular weight is 205 g/mol. The number of hydrogen-bond donors (Lipinski definition) is 0. The molecule has 1 aromatic heterocycles. The summed E-state index contributed by atoms with van der Waals surface area (Å²) in [5.74, 6) is 0.363. The molecule has 0 spiro atoms. The maximum atomic E-state index is 10.5. The van der Waals surface area contributed by atoms with Gasteiger partial charge in [-0.2, -0.15) is 4.98 Å². The molecule has 0 amide bonds. The Balaban J connectivity index is 2.48. The van der Waals surface area contributed by atoms with E-state index in [0.717, 1.165) is 5.56 Å². The van der Waals surface area contributed by atoms with Crippen LogP contribution in [0.15, 0.2) is 29.0 Å². The van der Waals surface area contributed by atoms with Crippen LogP contribution >= 0.6 is 0 Å². The van der Waals surface area contributed by atoms with Gasteiger partial charge < -0.3 is 4.52 Å². The molecule has 0 bridgehead atoms. The van der Waals surface area contributed by atoms with E-state index in [0.29, 0.717) is 11.5 Å². The third-order valence-electron chi connectivity index (χ3n) is 2.01. The van der Waals surface area contributed by atoms with Gasteiger partial charge in [0, 0.05) is 17.7 Å². The normalized spacial score (nSPS) is 10.2. The van der Waals surface area contributed by atoms with Gasteiger partial charge in [0.05, 0.1) is 4.92 Å². The molecule has 6 nitrogen and oxygen atoms in total. The quantitative estimate of drug-likeness (QED) is 0.552. The molecule has 0 aliphatic carbocycles. The van der Waals surface area contributed by atoms with E-state index >= 15 is 0 Å². The van der Waals surface area contributed by atoms with E-state index < -0.39 is 4.92 Å². The molecule has 2 aromatic rings. The van der Waals surface area contributed by atoms with E-state index in [1.807, 2.05) is 0 Å². The highest BCUT2D eigenvalue weighted by Crippen LogP contribution is 2.24. The molecule has 0 atom stereocenters. The van der Waals surface area contributed by atoms with Gasteiger partial charge in [-0.15, -0.1) is 0 Å². The monoisotopic (exact) mass is 205 g/mol. The molecule has 0 radical (unpaired) electrons. The van der Waals surface area contributed by atoms with E-state index in [2.05, 4.69) is 10.1 Å². The lowest BCUT2D eigenvalue weighted by molar-refractivity contribution is -0.384. The number of non-ortho nitro benzene ring substituents is 1. The maximum absolute atomic E-state index is 10.5. The van der Waals surface area contributed by atoms with Gasteiger partial charge in [-0.1, -0.05) is 5.16 Å². The minimum Gasteiger partial charge on any atom is -0.334 e. The van der Waals surface area contributed by atoms with Gasteiger partial charge in [0.15, 0.2) is 6.33 Å². The van der Waals surface area contributed by atoms with Crippen LogP contribution in [0.2, 0.25) is 0 Å². The molecular weight excluding hydrogens is 198 g/mol.